The number of rotatable bonds is 10. The summed E-state index contributed by atoms with van der Waals surface area (Å²) in [6.45, 7) is 3.11. The number of aromatic nitrogens is 2. The van der Waals surface area contributed by atoms with Gasteiger partial charge in [0.05, 0.1) is 17.4 Å². The predicted molar refractivity (Wildman–Crippen MR) is 108 cm³/mol. The molecule has 146 valence electrons. The molecule has 0 atom stereocenters. The highest BCUT2D eigenvalue weighted by molar-refractivity contribution is 7.71. The molecule has 0 radical (unpaired) electrons. The van der Waals surface area contributed by atoms with E-state index in [9.17, 15) is 14.4 Å². The van der Waals surface area contributed by atoms with Gasteiger partial charge in [0, 0.05) is 19.5 Å². The van der Waals surface area contributed by atoms with Crippen molar-refractivity contribution in [2.24, 2.45) is 0 Å². The lowest BCUT2D eigenvalue weighted by Gasteiger charge is -2.08. The van der Waals surface area contributed by atoms with Gasteiger partial charge in [-0.15, -0.1) is 0 Å². The van der Waals surface area contributed by atoms with E-state index in [4.69, 9.17) is 12.2 Å². The molecule has 2 aromatic rings. The number of H-pyrrole nitrogens is 1. The summed E-state index contributed by atoms with van der Waals surface area (Å²) in [6, 6.07) is 7.29. The highest BCUT2D eigenvalue weighted by Gasteiger charge is 2.06. The summed E-state index contributed by atoms with van der Waals surface area (Å²) in [5.41, 5.74) is 0.647. The minimum atomic E-state index is -0.171. The summed E-state index contributed by atoms with van der Waals surface area (Å²) < 4.78 is 1.98. The third-order valence-electron chi connectivity index (χ3n) is 4.19. The molecule has 0 unspecified atom stereocenters. The first-order valence-electron chi connectivity index (χ1n) is 9.28. The van der Waals surface area contributed by atoms with Crippen molar-refractivity contribution in [3.63, 3.8) is 0 Å². The summed E-state index contributed by atoms with van der Waals surface area (Å²) in [4.78, 5) is 38.8. The zero-order valence-electron chi connectivity index (χ0n) is 15.5. The molecule has 7 nitrogen and oxygen atoms in total. The molecule has 0 bridgehead atoms. The zero-order chi connectivity index (χ0) is 19.6. The smallest absolute Gasteiger partial charge is 0.262 e. The monoisotopic (exact) mass is 390 g/mol. The van der Waals surface area contributed by atoms with E-state index >= 15 is 0 Å². The fraction of sp³-hybridized carbons (Fsp3) is 0.474. The molecule has 0 aliphatic heterocycles. The number of aromatic amines is 1. The maximum absolute atomic E-state index is 12.5. The Labute approximate surface area is 163 Å². The van der Waals surface area contributed by atoms with Crippen LogP contribution in [0, 0.1) is 4.77 Å². The second-order valence-electron chi connectivity index (χ2n) is 6.37. The Morgan fingerprint density at radius 2 is 1.89 bits per heavy atom. The minimum Gasteiger partial charge on any atom is -0.355 e. The molecule has 3 N–H and O–H groups in total. The van der Waals surface area contributed by atoms with Crippen molar-refractivity contribution in [1.29, 1.82) is 0 Å². The largest absolute Gasteiger partial charge is 0.355 e. The number of nitrogens with zero attached hydrogens (tertiary/aromatic N) is 1. The van der Waals surface area contributed by atoms with Crippen LogP contribution in [0.15, 0.2) is 29.1 Å². The number of amides is 2. The highest BCUT2D eigenvalue weighted by atomic mass is 32.1. The van der Waals surface area contributed by atoms with Gasteiger partial charge >= 0.3 is 0 Å². The number of nitrogens with one attached hydrogen (secondary N) is 3. The van der Waals surface area contributed by atoms with Crippen LogP contribution in [0.3, 0.4) is 0 Å². The van der Waals surface area contributed by atoms with Gasteiger partial charge in [-0.05, 0) is 43.6 Å². The number of benzene rings is 1. The van der Waals surface area contributed by atoms with Gasteiger partial charge < -0.3 is 15.6 Å². The molecule has 27 heavy (non-hydrogen) atoms. The van der Waals surface area contributed by atoms with E-state index in [1.165, 1.54) is 0 Å². The van der Waals surface area contributed by atoms with Crippen molar-refractivity contribution in [3.8, 4) is 0 Å². The van der Waals surface area contributed by atoms with Crippen molar-refractivity contribution < 1.29 is 9.59 Å². The predicted octanol–water partition coefficient (Wildman–Crippen LogP) is 2.26. The highest BCUT2D eigenvalue weighted by Crippen LogP contribution is 2.07. The van der Waals surface area contributed by atoms with Crippen LogP contribution in [0.4, 0.5) is 0 Å². The number of para-hydroxylation sites is 1. The molecule has 1 aromatic carbocycles. The molecule has 0 saturated heterocycles. The van der Waals surface area contributed by atoms with Crippen LogP contribution in [0.1, 0.15) is 39.0 Å². The van der Waals surface area contributed by atoms with Gasteiger partial charge in [0.15, 0.2) is 4.77 Å². The Balaban J connectivity index is 1.74. The van der Waals surface area contributed by atoms with E-state index in [1.54, 1.807) is 10.6 Å². The maximum Gasteiger partial charge on any atom is 0.262 e. The van der Waals surface area contributed by atoms with Crippen LogP contribution in [-0.4, -0.2) is 34.5 Å². The van der Waals surface area contributed by atoms with Gasteiger partial charge in [0.2, 0.25) is 11.8 Å². The van der Waals surface area contributed by atoms with E-state index in [1.807, 2.05) is 25.1 Å². The Morgan fingerprint density at radius 3 is 2.67 bits per heavy atom. The summed E-state index contributed by atoms with van der Waals surface area (Å²) >= 11 is 5.28. The van der Waals surface area contributed by atoms with E-state index in [0.29, 0.717) is 36.1 Å². The summed E-state index contributed by atoms with van der Waals surface area (Å²) in [5, 5.41) is 5.93. The van der Waals surface area contributed by atoms with Gasteiger partial charge in [0.1, 0.15) is 0 Å². The Morgan fingerprint density at radius 1 is 1.11 bits per heavy atom. The third kappa shape index (κ3) is 6.32. The van der Waals surface area contributed by atoms with Crippen LogP contribution >= 0.6 is 12.2 Å². The fourth-order valence-electron chi connectivity index (χ4n) is 2.73. The number of hydrogen-bond acceptors (Lipinski definition) is 4. The molecule has 8 heteroatoms. The number of fused-ring (bicyclic) bond motifs is 1. The van der Waals surface area contributed by atoms with Crippen molar-refractivity contribution in [2.45, 2.75) is 45.6 Å². The molecule has 0 aliphatic rings. The second-order valence-corrected chi connectivity index (χ2v) is 6.76. The number of hydrogen-bond donors (Lipinski definition) is 3. The lowest BCUT2D eigenvalue weighted by Crippen LogP contribution is -2.37. The van der Waals surface area contributed by atoms with Gasteiger partial charge in [-0.2, -0.15) is 0 Å². The topological polar surface area (TPSA) is 96.0 Å². The molecule has 0 saturated carbocycles. The molecule has 0 fully saturated rings. The maximum atomic E-state index is 12.5. The molecular weight excluding hydrogens is 364 g/mol. The lowest BCUT2D eigenvalue weighted by atomic mass is 10.2. The Hall–Kier alpha value is -2.48. The lowest BCUT2D eigenvalue weighted by molar-refractivity contribution is -0.126. The number of carbonyl (C=O) groups excluding carboxylic acids is 2. The summed E-state index contributed by atoms with van der Waals surface area (Å²) in [7, 11) is 0. The molecular formula is C19H26N4O3S. The SMILES string of the molecule is CCCNC(=O)CNC(=O)CCCCCn1c(=S)[nH]c2ccccc2c1=O. The quantitative estimate of drug-likeness (QED) is 0.428. The molecule has 1 aromatic heterocycles. The molecule has 2 rings (SSSR count). The Kier molecular flexibility index (Phi) is 8.19. The minimum absolute atomic E-state index is 0.0143. The fourth-order valence-corrected chi connectivity index (χ4v) is 3.01. The van der Waals surface area contributed by atoms with Crippen molar-refractivity contribution >= 4 is 34.9 Å². The van der Waals surface area contributed by atoms with E-state index < -0.39 is 0 Å². The first-order chi connectivity index (χ1) is 13.0. The van der Waals surface area contributed by atoms with E-state index in [-0.39, 0.29) is 23.9 Å². The van der Waals surface area contributed by atoms with Crippen LogP contribution in [0.25, 0.3) is 10.9 Å². The van der Waals surface area contributed by atoms with Crippen LogP contribution < -0.4 is 16.2 Å². The van der Waals surface area contributed by atoms with E-state index in [0.717, 1.165) is 24.8 Å². The van der Waals surface area contributed by atoms with Crippen LogP contribution in [0.5, 0.6) is 0 Å². The van der Waals surface area contributed by atoms with Gasteiger partial charge in [-0.25, -0.2) is 0 Å². The van der Waals surface area contributed by atoms with Crippen LogP contribution in [-0.2, 0) is 16.1 Å². The standard InChI is InChI=1S/C19H26N4O3S/c1-2-11-20-17(25)13-21-16(24)10-4-3-7-12-23-18(26)14-8-5-6-9-15(14)22-19(23)27/h5-6,8-9H,2-4,7,10-13H2,1H3,(H,20,25)(H,21,24)(H,22,27). The van der Waals surface area contributed by atoms with E-state index in [2.05, 4.69) is 15.6 Å². The molecule has 1 heterocycles. The normalized spacial score (nSPS) is 10.7. The first-order valence-corrected chi connectivity index (χ1v) is 9.69. The van der Waals surface area contributed by atoms with Gasteiger partial charge in [0.25, 0.3) is 5.56 Å². The molecule has 0 aliphatic carbocycles. The second kappa shape index (κ2) is 10.6. The van der Waals surface area contributed by atoms with Crippen molar-refractivity contribution in [3.05, 3.63) is 39.4 Å². The van der Waals surface area contributed by atoms with Crippen molar-refractivity contribution in [1.82, 2.24) is 20.2 Å². The molecule has 2 amide bonds. The van der Waals surface area contributed by atoms with Gasteiger partial charge in [-0.1, -0.05) is 25.5 Å². The zero-order valence-corrected chi connectivity index (χ0v) is 16.4. The molecule has 0 spiro atoms. The first kappa shape index (κ1) is 20.8. The average molecular weight is 391 g/mol. The average Bonchev–Trinajstić information content (AvgIpc) is 2.66. The number of unbranched alkanes of at least 4 members (excludes halogenated alkanes) is 2. The number of carbonyl (C=O) groups is 2. The van der Waals surface area contributed by atoms with Crippen molar-refractivity contribution in [2.75, 3.05) is 13.1 Å². The third-order valence-corrected chi connectivity index (χ3v) is 4.52. The summed E-state index contributed by atoms with van der Waals surface area (Å²) in [5.74, 6) is -0.308. The Bertz CT molecular complexity index is 904. The summed E-state index contributed by atoms with van der Waals surface area (Å²) in [6.07, 6.45) is 3.47. The van der Waals surface area contributed by atoms with Gasteiger partial charge in [-0.3, -0.25) is 19.0 Å². The van der Waals surface area contributed by atoms with Crippen LogP contribution in [0.2, 0.25) is 0 Å².